The van der Waals surface area contributed by atoms with Gasteiger partial charge in [0.05, 0.1) is 12.8 Å². The molecule has 0 aromatic rings. The first kappa shape index (κ1) is 12.6. The smallest absolute Gasteiger partial charge is 0.324 e. The zero-order valence-electron chi connectivity index (χ0n) is 8.41. The number of carbonyl (C=O) groups is 2. The van der Waals surface area contributed by atoms with Crippen LogP contribution in [0, 0.1) is 0 Å². The van der Waals surface area contributed by atoms with E-state index >= 15 is 0 Å². The van der Waals surface area contributed by atoms with Crippen LogP contribution >= 0.6 is 0 Å². The van der Waals surface area contributed by atoms with Gasteiger partial charge in [-0.15, -0.1) is 0 Å². The third-order valence-electron chi connectivity index (χ3n) is 1.40. The largest absolute Gasteiger partial charge is 0.461 e. The number of hydrogen-bond donors (Lipinski definition) is 1. The van der Waals surface area contributed by atoms with Gasteiger partial charge in [0.25, 0.3) is 6.47 Å². The van der Waals surface area contributed by atoms with Crippen LogP contribution in [0.1, 0.15) is 13.8 Å². The molecule has 0 aliphatic heterocycles. The first-order chi connectivity index (χ1) is 6.52. The van der Waals surface area contributed by atoms with Crippen LogP contribution in [-0.4, -0.2) is 31.1 Å². The molecule has 0 atom stereocenters. The fraction of sp³-hybridized carbons (Fsp3) is 0.556. The van der Waals surface area contributed by atoms with E-state index in [1.54, 1.807) is 13.8 Å². The molecule has 0 unspecified atom stereocenters. The Hall–Kier alpha value is -1.36. The van der Waals surface area contributed by atoms with Crippen LogP contribution in [-0.2, 0) is 19.1 Å². The molecule has 0 bridgehead atoms. The quantitative estimate of drug-likeness (QED) is 0.362. The summed E-state index contributed by atoms with van der Waals surface area (Å²) in [4.78, 5) is 20.9. The van der Waals surface area contributed by atoms with Gasteiger partial charge in [-0.2, -0.15) is 0 Å². The van der Waals surface area contributed by atoms with Gasteiger partial charge in [-0.25, -0.2) is 0 Å². The van der Waals surface area contributed by atoms with E-state index in [1.165, 1.54) is 0 Å². The first-order valence-corrected chi connectivity index (χ1v) is 4.14. The summed E-state index contributed by atoms with van der Waals surface area (Å²) in [6.45, 7) is 7.51. The molecule has 0 aliphatic carbocycles. The van der Waals surface area contributed by atoms with Crippen molar-refractivity contribution in [2.75, 3.05) is 13.1 Å². The Balaban J connectivity index is 3.66. The molecule has 0 aliphatic rings. The van der Waals surface area contributed by atoms with E-state index in [-0.39, 0.29) is 6.54 Å². The standard InChI is InChI=1S/C9H15NO4/c1-4-13-8(12)5-10-6-9(2,3)14-7-11/h4,7,10H,1,5-6H2,2-3H3. The lowest BCUT2D eigenvalue weighted by Crippen LogP contribution is -2.39. The fourth-order valence-electron chi connectivity index (χ4n) is 0.772. The van der Waals surface area contributed by atoms with E-state index in [9.17, 15) is 9.59 Å². The minimum atomic E-state index is -0.629. The molecule has 0 amide bonds. The van der Waals surface area contributed by atoms with Gasteiger partial charge in [0, 0.05) is 6.54 Å². The van der Waals surface area contributed by atoms with Crippen molar-refractivity contribution in [3.63, 3.8) is 0 Å². The Kier molecular flexibility index (Phi) is 5.55. The topological polar surface area (TPSA) is 64.6 Å². The molecule has 0 saturated heterocycles. The van der Waals surface area contributed by atoms with Crippen LogP contribution in [0.5, 0.6) is 0 Å². The van der Waals surface area contributed by atoms with Crippen molar-refractivity contribution >= 4 is 12.4 Å². The monoisotopic (exact) mass is 201 g/mol. The number of ether oxygens (including phenoxy) is 2. The van der Waals surface area contributed by atoms with Gasteiger partial charge in [-0.1, -0.05) is 6.58 Å². The molecule has 0 fully saturated rings. The molecule has 80 valence electrons. The summed E-state index contributed by atoms with van der Waals surface area (Å²) in [7, 11) is 0. The van der Waals surface area contributed by atoms with Crippen molar-refractivity contribution in [1.82, 2.24) is 5.32 Å². The lowest BCUT2D eigenvalue weighted by Gasteiger charge is -2.22. The number of hydrogen-bond acceptors (Lipinski definition) is 5. The molecule has 1 N–H and O–H groups in total. The summed E-state index contributed by atoms with van der Waals surface area (Å²) in [6, 6.07) is 0. The molecule has 0 radical (unpaired) electrons. The zero-order chi connectivity index (χ0) is 11.0. The van der Waals surface area contributed by atoms with Crippen molar-refractivity contribution in [1.29, 1.82) is 0 Å². The van der Waals surface area contributed by atoms with E-state index in [1.807, 2.05) is 0 Å². The molecular formula is C9H15NO4. The third-order valence-corrected chi connectivity index (χ3v) is 1.40. The lowest BCUT2D eigenvalue weighted by molar-refractivity contribution is -0.140. The predicted molar refractivity (Wildman–Crippen MR) is 50.4 cm³/mol. The first-order valence-electron chi connectivity index (χ1n) is 4.14. The van der Waals surface area contributed by atoms with Crippen LogP contribution in [0.15, 0.2) is 12.8 Å². The van der Waals surface area contributed by atoms with E-state index in [4.69, 9.17) is 4.74 Å². The predicted octanol–water partition coefficient (Wildman–Crippen LogP) is 0.214. The van der Waals surface area contributed by atoms with Crippen molar-refractivity contribution in [2.24, 2.45) is 0 Å². The van der Waals surface area contributed by atoms with Gasteiger partial charge in [-0.05, 0) is 13.8 Å². The maximum atomic E-state index is 10.8. The normalized spacial score (nSPS) is 10.4. The van der Waals surface area contributed by atoms with Gasteiger partial charge < -0.3 is 14.8 Å². The highest BCUT2D eigenvalue weighted by Crippen LogP contribution is 2.04. The van der Waals surface area contributed by atoms with Gasteiger partial charge in [0.15, 0.2) is 0 Å². The molecule has 14 heavy (non-hydrogen) atoms. The number of esters is 1. The van der Waals surface area contributed by atoms with E-state index in [2.05, 4.69) is 16.6 Å². The number of rotatable bonds is 7. The Bertz CT molecular complexity index is 213. The second-order valence-electron chi connectivity index (χ2n) is 3.23. The van der Waals surface area contributed by atoms with Crippen molar-refractivity contribution in [2.45, 2.75) is 19.4 Å². The highest BCUT2D eigenvalue weighted by molar-refractivity contribution is 5.72. The van der Waals surface area contributed by atoms with E-state index in [0.29, 0.717) is 13.0 Å². The average molecular weight is 201 g/mol. The van der Waals surface area contributed by atoms with Crippen molar-refractivity contribution in [3.8, 4) is 0 Å². The highest BCUT2D eigenvalue weighted by atomic mass is 16.5. The summed E-state index contributed by atoms with van der Waals surface area (Å²) < 4.78 is 9.22. The van der Waals surface area contributed by atoms with Crippen molar-refractivity contribution in [3.05, 3.63) is 12.8 Å². The molecule has 0 aromatic carbocycles. The van der Waals surface area contributed by atoms with Crippen LogP contribution in [0.2, 0.25) is 0 Å². The summed E-state index contributed by atoms with van der Waals surface area (Å²) in [5, 5.41) is 2.79. The molecule has 0 spiro atoms. The Morgan fingerprint density at radius 1 is 1.57 bits per heavy atom. The van der Waals surface area contributed by atoms with Gasteiger partial charge in [0.2, 0.25) is 0 Å². The van der Waals surface area contributed by atoms with Crippen LogP contribution in [0.25, 0.3) is 0 Å². The molecule has 0 aromatic heterocycles. The van der Waals surface area contributed by atoms with Gasteiger partial charge >= 0.3 is 5.97 Å². The minimum Gasteiger partial charge on any atom is -0.461 e. The molecule has 5 heteroatoms. The molecule has 0 heterocycles. The highest BCUT2D eigenvalue weighted by Gasteiger charge is 2.18. The summed E-state index contributed by atoms with van der Waals surface area (Å²) in [6.07, 6.45) is 1.07. The molecule has 0 saturated carbocycles. The Morgan fingerprint density at radius 2 is 2.21 bits per heavy atom. The Morgan fingerprint density at radius 3 is 2.71 bits per heavy atom. The molecule has 0 rings (SSSR count). The average Bonchev–Trinajstić information content (AvgIpc) is 2.03. The second-order valence-corrected chi connectivity index (χ2v) is 3.23. The van der Waals surface area contributed by atoms with Gasteiger partial charge in [0.1, 0.15) is 5.60 Å². The number of nitrogens with one attached hydrogen (secondary N) is 1. The minimum absolute atomic E-state index is 0.0532. The maximum Gasteiger partial charge on any atom is 0.324 e. The maximum absolute atomic E-state index is 10.8. The fourth-order valence-corrected chi connectivity index (χ4v) is 0.772. The van der Waals surface area contributed by atoms with Crippen molar-refractivity contribution < 1.29 is 19.1 Å². The van der Waals surface area contributed by atoms with Crippen LogP contribution in [0.4, 0.5) is 0 Å². The summed E-state index contributed by atoms with van der Waals surface area (Å²) in [5.74, 6) is -0.429. The molecule has 5 nitrogen and oxygen atoms in total. The summed E-state index contributed by atoms with van der Waals surface area (Å²) in [5.41, 5.74) is -0.629. The second kappa shape index (κ2) is 6.15. The zero-order valence-corrected chi connectivity index (χ0v) is 8.41. The lowest BCUT2D eigenvalue weighted by atomic mass is 10.1. The van der Waals surface area contributed by atoms with Gasteiger partial charge in [-0.3, -0.25) is 9.59 Å². The number of carbonyl (C=O) groups excluding carboxylic acids is 2. The van der Waals surface area contributed by atoms with Crippen LogP contribution < -0.4 is 5.32 Å². The SMILES string of the molecule is C=COC(=O)CNCC(C)(C)OC=O. The van der Waals surface area contributed by atoms with E-state index < -0.39 is 11.6 Å². The molecular weight excluding hydrogens is 186 g/mol. The third kappa shape index (κ3) is 6.19. The summed E-state index contributed by atoms with van der Waals surface area (Å²) >= 11 is 0. The van der Waals surface area contributed by atoms with E-state index in [0.717, 1.165) is 6.26 Å². The Labute approximate surface area is 83.1 Å². The van der Waals surface area contributed by atoms with Crippen LogP contribution in [0.3, 0.4) is 0 Å².